The van der Waals surface area contributed by atoms with Crippen LogP contribution < -0.4 is 16.6 Å². The summed E-state index contributed by atoms with van der Waals surface area (Å²) < 4.78 is 4.59. The predicted molar refractivity (Wildman–Crippen MR) is 90.0 cm³/mol. The lowest BCUT2D eigenvalue weighted by atomic mass is 10.1. The minimum absolute atomic E-state index is 0.248. The Morgan fingerprint density at radius 1 is 1.29 bits per heavy atom. The third-order valence-electron chi connectivity index (χ3n) is 4.59. The largest absolute Gasteiger partial charge is 0.330 e. The van der Waals surface area contributed by atoms with Crippen LogP contribution in [0.2, 0.25) is 0 Å². The molecule has 1 atom stereocenters. The molecular weight excluding hydrogens is 308 g/mol. The van der Waals surface area contributed by atoms with E-state index in [1.807, 2.05) is 4.68 Å². The first-order chi connectivity index (χ1) is 11.4. The molecule has 2 aromatic rings. The Bertz CT molecular complexity index is 860. The van der Waals surface area contributed by atoms with Gasteiger partial charge in [-0.15, -0.1) is 0 Å². The first-order valence-electron chi connectivity index (χ1n) is 8.29. The molecule has 1 unspecified atom stereocenters. The zero-order valence-electron chi connectivity index (χ0n) is 14.6. The normalized spacial score (nSPS) is 17.3. The maximum atomic E-state index is 12.0. The number of hydrogen-bond donors (Lipinski definition) is 1. The molecule has 0 saturated carbocycles. The van der Waals surface area contributed by atoms with E-state index in [1.165, 1.54) is 17.7 Å². The SMILES string of the molecule is CC(C)c1nc2n(n1)CC(NCc1cc(=O)n(C)c(=O)n1C)CC2. The number of nitrogens with one attached hydrogen (secondary N) is 1. The van der Waals surface area contributed by atoms with Gasteiger partial charge < -0.3 is 5.32 Å². The van der Waals surface area contributed by atoms with Gasteiger partial charge in [-0.3, -0.25) is 13.9 Å². The fraction of sp³-hybridized carbons (Fsp3) is 0.625. The van der Waals surface area contributed by atoms with Crippen molar-refractivity contribution < 1.29 is 0 Å². The van der Waals surface area contributed by atoms with Crippen LogP contribution in [0.25, 0.3) is 0 Å². The summed E-state index contributed by atoms with van der Waals surface area (Å²) in [5.74, 6) is 2.25. The highest BCUT2D eigenvalue weighted by molar-refractivity contribution is 5.04. The summed E-state index contributed by atoms with van der Waals surface area (Å²) in [6.07, 6.45) is 1.85. The molecule has 1 aliphatic rings. The number of aromatic nitrogens is 5. The smallest absolute Gasteiger partial charge is 0.307 e. The molecule has 1 aliphatic heterocycles. The van der Waals surface area contributed by atoms with Crippen molar-refractivity contribution in [2.45, 2.75) is 51.7 Å². The Balaban J connectivity index is 1.70. The summed E-state index contributed by atoms with van der Waals surface area (Å²) in [4.78, 5) is 28.3. The zero-order chi connectivity index (χ0) is 17.4. The van der Waals surface area contributed by atoms with E-state index in [2.05, 4.69) is 29.2 Å². The van der Waals surface area contributed by atoms with Gasteiger partial charge in [0.25, 0.3) is 5.56 Å². The Labute approximate surface area is 140 Å². The van der Waals surface area contributed by atoms with Gasteiger partial charge in [0.15, 0.2) is 5.82 Å². The van der Waals surface area contributed by atoms with Gasteiger partial charge in [0, 0.05) is 50.8 Å². The quantitative estimate of drug-likeness (QED) is 0.845. The van der Waals surface area contributed by atoms with Gasteiger partial charge in [-0.05, 0) is 6.42 Å². The lowest BCUT2D eigenvalue weighted by molar-refractivity contribution is 0.353. The van der Waals surface area contributed by atoms with Crippen molar-refractivity contribution >= 4 is 0 Å². The predicted octanol–water partition coefficient (Wildman–Crippen LogP) is -0.0965. The van der Waals surface area contributed by atoms with Gasteiger partial charge in [0.2, 0.25) is 0 Å². The molecule has 0 saturated heterocycles. The minimum atomic E-state index is -0.303. The summed E-state index contributed by atoms with van der Waals surface area (Å²) in [5, 5.41) is 8.01. The lowest BCUT2D eigenvalue weighted by Gasteiger charge is -2.24. The molecular formula is C16H24N6O2. The second-order valence-electron chi connectivity index (χ2n) is 6.71. The van der Waals surface area contributed by atoms with Crippen LogP contribution in [0.1, 0.15) is 43.5 Å². The molecule has 0 bridgehead atoms. The molecule has 0 aliphatic carbocycles. The average Bonchev–Trinajstić information content (AvgIpc) is 2.98. The van der Waals surface area contributed by atoms with E-state index in [0.29, 0.717) is 18.2 Å². The molecule has 0 aromatic carbocycles. The van der Waals surface area contributed by atoms with Crippen LogP contribution in [-0.4, -0.2) is 29.9 Å². The van der Waals surface area contributed by atoms with E-state index in [-0.39, 0.29) is 17.3 Å². The molecule has 0 radical (unpaired) electrons. The number of rotatable bonds is 4. The molecule has 8 heteroatoms. The highest BCUT2D eigenvalue weighted by Gasteiger charge is 2.22. The fourth-order valence-corrected chi connectivity index (χ4v) is 2.94. The zero-order valence-corrected chi connectivity index (χ0v) is 14.6. The highest BCUT2D eigenvalue weighted by Crippen LogP contribution is 2.17. The van der Waals surface area contributed by atoms with Gasteiger partial charge in [-0.2, -0.15) is 5.10 Å². The number of nitrogens with zero attached hydrogens (tertiary/aromatic N) is 5. The Kier molecular flexibility index (Phi) is 4.40. The third-order valence-corrected chi connectivity index (χ3v) is 4.59. The number of aryl methyl sites for hydroxylation is 1. The number of hydrogen-bond acceptors (Lipinski definition) is 5. The van der Waals surface area contributed by atoms with E-state index < -0.39 is 0 Å². The molecule has 0 amide bonds. The van der Waals surface area contributed by atoms with Crippen molar-refractivity contribution in [1.29, 1.82) is 0 Å². The van der Waals surface area contributed by atoms with Gasteiger partial charge >= 0.3 is 5.69 Å². The topological polar surface area (TPSA) is 86.7 Å². The summed E-state index contributed by atoms with van der Waals surface area (Å²) in [6, 6.07) is 1.76. The van der Waals surface area contributed by atoms with Crippen molar-refractivity contribution in [1.82, 2.24) is 29.2 Å². The van der Waals surface area contributed by atoms with E-state index >= 15 is 0 Å². The fourth-order valence-electron chi connectivity index (χ4n) is 2.94. The van der Waals surface area contributed by atoms with E-state index in [4.69, 9.17) is 0 Å². The number of fused-ring (bicyclic) bond motifs is 1. The van der Waals surface area contributed by atoms with Crippen LogP contribution in [-0.2, 0) is 33.6 Å². The van der Waals surface area contributed by atoms with Crippen LogP contribution >= 0.6 is 0 Å². The summed E-state index contributed by atoms with van der Waals surface area (Å²) >= 11 is 0. The first kappa shape index (κ1) is 16.6. The van der Waals surface area contributed by atoms with E-state index in [0.717, 1.165) is 35.6 Å². The van der Waals surface area contributed by atoms with Crippen LogP contribution in [0, 0.1) is 0 Å². The third kappa shape index (κ3) is 3.06. The molecule has 130 valence electrons. The van der Waals surface area contributed by atoms with E-state index in [9.17, 15) is 9.59 Å². The van der Waals surface area contributed by atoms with Crippen molar-refractivity contribution in [2.24, 2.45) is 14.1 Å². The average molecular weight is 332 g/mol. The van der Waals surface area contributed by atoms with Gasteiger partial charge in [-0.25, -0.2) is 14.5 Å². The van der Waals surface area contributed by atoms with Crippen molar-refractivity contribution in [3.8, 4) is 0 Å². The molecule has 0 fully saturated rings. The van der Waals surface area contributed by atoms with Crippen molar-refractivity contribution in [3.05, 3.63) is 44.2 Å². The molecule has 8 nitrogen and oxygen atoms in total. The molecule has 2 aromatic heterocycles. The van der Waals surface area contributed by atoms with Crippen LogP contribution in [0.3, 0.4) is 0 Å². The standard InChI is InChI=1S/C16H24N6O2/c1-10(2)15-18-13-6-5-11(9-22(13)19-15)17-8-12-7-14(23)21(4)16(24)20(12)3/h7,10-11,17H,5-6,8-9H2,1-4H3. The minimum Gasteiger partial charge on any atom is -0.307 e. The Morgan fingerprint density at radius 3 is 2.75 bits per heavy atom. The highest BCUT2D eigenvalue weighted by atomic mass is 16.2. The van der Waals surface area contributed by atoms with Gasteiger partial charge in [-0.1, -0.05) is 13.8 Å². The maximum absolute atomic E-state index is 12.0. The van der Waals surface area contributed by atoms with Crippen LogP contribution in [0.15, 0.2) is 15.7 Å². The lowest BCUT2D eigenvalue weighted by Crippen LogP contribution is -2.41. The second kappa shape index (κ2) is 6.35. The summed E-state index contributed by atoms with van der Waals surface area (Å²) in [6.45, 7) is 5.42. The van der Waals surface area contributed by atoms with Gasteiger partial charge in [0.1, 0.15) is 5.82 Å². The van der Waals surface area contributed by atoms with Crippen molar-refractivity contribution in [3.63, 3.8) is 0 Å². The van der Waals surface area contributed by atoms with Crippen LogP contribution in [0.4, 0.5) is 0 Å². The maximum Gasteiger partial charge on any atom is 0.330 e. The Morgan fingerprint density at radius 2 is 2.04 bits per heavy atom. The summed E-state index contributed by atoms with van der Waals surface area (Å²) in [5.41, 5.74) is 0.108. The monoisotopic (exact) mass is 332 g/mol. The van der Waals surface area contributed by atoms with Crippen LogP contribution in [0.5, 0.6) is 0 Å². The van der Waals surface area contributed by atoms with Gasteiger partial charge in [0.05, 0.1) is 6.54 Å². The summed E-state index contributed by atoms with van der Waals surface area (Å²) in [7, 11) is 3.17. The van der Waals surface area contributed by atoms with E-state index in [1.54, 1.807) is 7.05 Å². The molecule has 3 heterocycles. The molecule has 24 heavy (non-hydrogen) atoms. The molecule has 0 spiro atoms. The first-order valence-corrected chi connectivity index (χ1v) is 8.29. The van der Waals surface area contributed by atoms with Crippen molar-refractivity contribution in [2.75, 3.05) is 0 Å². The molecule has 3 rings (SSSR count). The molecule has 1 N–H and O–H groups in total. The second-order valence-corrected chi connectivity index (χ2v) is 6.71. The Hall–Kier alpha value is -2.22.